The maximum atomic E-state index is 12.3. The van der Waals surface area contributed by atoms with Crippen molar-refractivity contribution in [2.24, 2.45) is 0 Å². The molecule has 9 nitrogen and oxygen atoms in total. The first kappa shape index (κ1) is 15.0. The molecule has 0 aromatic carbocycles. The topological polar surface area (TPSA) is 118 Å². The zero-order valence-electron chi connectivity index (χ0n) is 11.7. The molecule has 112 valence electrons. The van der Waals surface area contributed by atoms with Gasteiger partial charge in [0.25, 0.3) is 11.6 Å². The van der Waals surface area contributed by atoms with Crippen molar-refractivity contribution in [3.63, 3.8) is 0 Å². The van der Waals surface area contributed by atoms with E-state index in [4.69, 9.17) is 0 Å². The highest BCUT2D eigenvalue weighted by molar-refractivity contribution is 7.14. The van der Waals surface area contributed by atoms with E-state index in [2.05, 4.69) is 20.6 Å². The third-order valence-electron chi connectivity index (χ3n) is 3.00. The van der Waals surface area contributed by atoms with Crippen molar-refractivity contribution >= 4 is 22.9 Å². The summed E-state index contributed by atoms with van der Waals surface area (Å²) in [5, 5.41) is 24.4. The molecule has 0 saturated heterocycles. The molecule has 2 rings (SSSR count). The Bertz CT molecular complexity index is 653. The van der Waals surface area contributed by atoms with Crippen LogP contribution in [0.1, 0.15) is 33.2 Å². The van der Waals surface area contributed by atoms with Crippen molar-refractivity contribution in [1.29, 1.82) is 0 Å². The van der Waals surface area contributed by atoms with Crippen LogP contribution in [0.3, 0.4) is 0 Å². The fraction of sp³-hybridized carbons (Fsp3) is 0.455. The molecular formula is C11H14N6O3S. The summed E-state index contributed by atoms with van der Waals surface area (Å²) in [4.78, 5) is 25.0. The van der Waals surface area contributed by atoms with Gasteiger partial charge in [-0.2, -0.15) is 5.21 Å². The number of rotatable bonds is 5. The molecule has 1 N–H and O–H groups in total. The number of thiophene rings is 1. The van der Waals surface area contributed by atoms with E-state index in [0.29, 0.717) is 22.1 Å². The lowest BCUT2D eigenvalue weighted by atomic mass is 10.1. The Labute approximate surface area is 124 Å². The van der Waals surface area contributed by atoms with Gasteiger partial charge in [-0.25, -0.2) is 0 Å². The number of aromatic amines is 1. The Balaban J connectivity index is 2.09. The highest BCUT2D eigenvalue weighted by atomic mass is 32.1. The summed E-state index contributed by atoms with van der Waals surface area (Å²) < 4.78 is 0. The molecule has 2 aromatic heterocycles. The number of carbonyl (C=O) groups excluding carboxylic acids is 1. The van der Waals surface area contributed by atoms with Crippen LogP contribution >= 0.6 is 11.3 Å². The summed E-state index contributed by atoms with van der Waals surface area (Å²) in [6, 6.07) is 1.32. The number of nitrogens with one attached hydrogen (secondary N) is 1. The van der Waals surface area contributed by atoms with E-state index in [1.807, 2.05) is 6.92 Å². The second-order valence-electron chi connectivity index (χ2n) is 4.67. The number of amides is 1. The summed E-state index contributed by atoms with van der Waals surface area (Å²) >= 11 is 1.12. The van der Waals surface area contributed by atoms with Gasteiger partial charge in [0, 0.05) is 25.6 Å². The summed E-state index contributed by atoms with van der Waals surface area (Å²) in [6.45, 7) is 3.89. The molecule has 0 fully saturated rings. The number of hydrogen-bond donors (Lipinski definition) is 1. The highest BCUT2D eigenvalue weighted by Crippen LogP contribution is 2.29. The van der Waals surface area contributed by atoms with Gasteiger partial charge in [-0.05, 0) is 6.92 Å². The molecule has 0 bridgehead atoms. The molecule has 0 saturated carbocycles. The maximum absolute atomic E-state index is 12.3. The fourth-order valence-electron chi connectivity index (χ4n) is 1.90. The van der Waals surface area contributed by atoms with Crippen LogP contribution in [-0.4, -0.2) is 49.9 Å². The van der Waals surface area contributed by atoms with E-state index in [1.165, 1.54) is 11.0 Å². The van der Waals surface area contributed by atoms with E-state index in [0.717, 1.165) is 11.3 Å². The normalized spacial score (nSPS) is 12.1. The summed E-state index contributed by atoms with van der Waals surface area (Å²) in [5.41, 5.74) is -0.0250. The number of tetrazole rings is 1. The predicted molar refractivity (Wildman–Crippen MR) is 75.3 cm³/mol. The first-order chi connectivity index (χ1) is 9.90. The van der Waals surface area contributed by atoms with Crippen molar-refractivity contribution in [2.75, 3.05) is 13.6 Å². The van der Waals surface area contributed by atoms with Gasteiger partial charge < -0.3 is 4.90 Å². The van der Waals surface area contributed by atoms with Crippen LogP contribution in [0.2, 0.25) is 0 Å². The van der Waals surface area contributed by atoms with Crippen molar-refractivity contribution in [1.82, 2.24) is 25.5 Å². The standard InChI is InChI=1S/C11H14N6O3S/c1-6(10-12-14-15-13-10)5-16(3)11(18)9-4-8(17(19)20)7(2)21-9/h4,6H,5H2,1-3H3,(H,12,13,14,15)/t6-/m1/s1. The third kappa shape index (κ3) is 3.21. The summed E-state index contributed by atoms with van der Waals surface area (Å²) in [5.74, 6) is 0.170. The zero-order valence-corrected chi connectivity index (χ0v) is 12.5. The predicted octanol–water partition coefficient (Wildman–Crippen LogP) is 1.35. The quantitative estimate of drug-likeness (QED) is 0.658. The molecular weight excluding hydrogens is 296 g/mol. The Hall–Kier alpha value is -2.36. The van der Waals surface area contributed by atoms with Crippen LogP contribution in [0.15, 0.2) is 6.07 Å². The van der Waals surface area contributed by atoms with E-state index in [9.17, 15) is 14.9 Å². The fourth-order valence-corrected chi connectivity index (χ4v) is 2.88. The number of likely N-dealkylation sites (N-methyl/N-ethyl adjacent to an activating group) is 1. The monoisotopic (exact) mass is 310 g/mol. The second kappa shape index (κ2) is 5.95. The van der Waals surface area contributed by atoms with Gasteiger partial charge in [0.15, 0.2) is 5.82 Å². The molecule has 2 aromatic rings. The minimum Gasteiger partial charge on any atom is -0.340 e. The lowest BCUT2D eigenvalue weighted by Gasteiger charge is -2.18. The maximum Gasteiger partial charge on any atom is 0.283 e. The second-order valence-corrected chi connectivity index (χ2v) is 5.92. The van der Waals surface area contributed by atoms with Crippen LogP contribution in [0, 0.1) is 17.0 Å². The minimum atomic E-state index is -0.482. The van der Waals surface area contributed by atoms with Gasteiger partial charge in [-0.15, -0.1) is 21.5 Å². The summed E-state index contributed by atoms with van der Waals surface area (Å²) in [6.07, 6.45) is 0. The van der Waals surface area contributed by atoms with Crippen LogP contribution in [0.25, 0.3) is 0 Å². The molecule has 1 amide bonds. The number of H-pyrrole nitrogens is 1. The molecule has 0 aliphatic carbocycles. The van der Waals surface area contributed by atoms with Crippen molar-refractivity contribution in [2.45, 2.75) is 19.8 Å². The number of nitrogens with zero attached hydrogens (tertiary/aromatic N) is 5. The van der Waals surface area contributed by atoms with E-state index >= 15 is 0 Å². The summed E-state index contributed by atoms with van der Waals surface area (Å²) in [7, 11) is 1.64. The first-order valence-electron chi connectivity index (χ1n) is 6.13. The van der Waals surface area contributed by atoms with E-state index < -0.39 is 4.92 Å². The smallest absolute Gasteiger partial charge is 0.283 e. The molecule has 0 spiro atoms. The number of nitro groups is 1. The Morgan fingerprint density at radius 1 is 1.62 bits per heavy atom. The van der Waals surface area contributed by atoms with Gasteiger partial charge in [-0.1, -0.05) is 12.1 Å². The molecule has 2 heterocycles. The van der Waals surface area contributed by atoms with Gasteiger partial charge in [-0.3, -0.25) is 14.9 Å². The molecule has 0 radical (unpaired) electrons. The first-order valence-corrected chi connectivity index (χ1v) is 6.95. The lowest BCUT2D eigenvalue weighted by molar-refractivity contribution is -0.385. The van der Waals surface area contributed by atoms with Crippen molar-refractivity contribution in [3.05, 3.63) is 31.8 Å². The Morgan fingerprint density at radius 3 is 2.86 bits per heavy atom. The van der Waals surface area contributed by atoms with E-state index in [-0.39, 0.29) is 17.5 Å². The SMILES string of the molecule is Cc1sc(C(=O)N(C)C[C@@H](C)c2nn[nH]n2)cc1[N+](=O)[O-]. The van der Waals surface area contributed by atoms with Crippen molar-refractivity contribution in [3.8, 4) is 0 Å². The average Bonchev–Trinajstić information content (AvgIpc) is 3.06. The van der Waals surface area contributed by atoms with E-state index in [1.54, 1.807) is 14.0 Å². The molecule has 21 heavy (non-hydrogen) atoms. The molecule has 10 heteroatoms. The number of aryl methyl sites for hydroxylation is 1. The van der Waals surface area contributed by atoms with Gasteiger partial charge in [0.2, 0.25) is 0 Å². The van der Waals surface area contributed by atoms with Crippen LogP contribution < -0.4 is 0 Å². The highest BCUT2D eigenvalue weighted by Gasteiger charge is 2.23. The largest absolute Gasteiger partial charge is 0.340 e. The minimum absolute atomic E-state index is 0.0250. The number of aromatic nitrogens is 4. The molecule has 1 atom stereocenters. The van der Waals surface area contributed by atoms with Crippen molar-refractivity contribution < 1.29 is 9.72 Å². The van der Waals surface area contributed by atoms with Gasteiger partial charge >= 0.3 is 0 Å². The Morgan fingerprint density at radius 2 is 2.33 bits per heavy atom. The zero-order chi connectivity index (χ0) is 15.6. The van der Waals surface area contributed by atoms with Crippen LogP contribution in [0.5, 0.6) is 0 Å². The lowest BCUT2D eigenvalue weighted by Crippen LogP contribution is -2.30. The molecule has 0 unspecified atom stereocenters. The number of hydrogen-bond acceptors (Lipinski definition) is 7. The average molecular weight is 310 g/mol. The van der Waals surface area contributed by atoms with Crippen LogP contribution in [0.4, 0.5) is 5.69 Å². The molecule has 0 aliphatic heterocycles. The Kier molecular flexibility index (Phi) is 4.26. The van der Waals surface area contributed by atoms with Gasteiger partial charge in [0.05, 0.1) is 14.7 Å². The van der Waals surface area contributed by atoms with Crippen LogP contribution in [-0.2, 0) is 0 Å². The third-order valence-corrected chi connectivity index (χ3v) is 4.02. The number of carbonyl (C=O) groups is 1. The molecule has 0 aliphatic rings. The van der Waals surface area contributed by atoms with Gasteiger partial charge in [0.1, 0.15) is 0 Å².